The summed E-state index contributed by atoms with van der Waals surface area (Å²) in [6, 6.07) is 13.1. The normalized spacial score (nSPS) is 18.6. The van der Waals surface area contributed by atoms with Crippen molar-refractivity contribution in [1.82, 2.24) is 4.90 Å². The van der Waals surface area contributed by atoms with Crippen LogP contribution < -0.4 is 4.18 Å². The van der Waals surface area contributed by atoms with Gasteiger partial charge in [-0.25, -0.2) is 0 Å². The SMILES string of the molecule is Cc1ccc(S(=O)(=O)Oc2ccc(C=C3SC(N4CCCCC4)=NC3=O)cc2)cc1. The molecule has 0 atom stereocenters. The third-order valence-electron chi connectivity index (χ3n) is 4.93. The highest BCUT2D eigenvalue weighted by molar-refractivity contribution is 8.18. The zero-order valence-electron chi connectivity index (χ0n) is 16.6. The molecule has 0 saturated carbocycles. The number of benzene rings is 2. The second-order valence-electron chi connectivity index (χ2n) is 7.28. The van der Waals surface area contributed by atoms with E-state index in [0.29, 0.717) is 4.91 Å². The van der Waals surface area contributed by atoms with E-state index in [2.05, 4.69) is 9.89 Å². The summed E-state index contributed by atoms with van der Waals surface area (Å²) in [5, 5.41) is 0.773. The molecule has 0 N–H and O–H groups in total. The van der Waals surface area contributed by atoms with Crippen molar-refractivity contribution < 1.29 is 17.4 Å². The molecule has 1 saturated heterocycles. The fourth-order valence-electron chi connectivity index (χ4n) is 3.27. The van der Waals surface area contributed by atoms with Crippen molar-refractivity contribution in [3.05, 3.63) is 64.6 Å². The van der Waals surface area contributed by atoms with Crippen molar-refractivity contribution in [1.29, 1.82) is 0 Å². The fraction of sp³-hybridized carbons (Fsp3) is 0.273. The number of aryl methyl sites for hydroxylation is 1. The van der Waals surface area contributed by atoms with Gasteiger partial charge in [0.1, 0.15) is 10.6 Å². The Morgan fingerprint density at radius 2 is 1.67 bits per heavy atom. The lowest BCUT2D eigenvalue weighted by Crippen LogP contribution is -2.33. The molecule has 6 nitrogen and oxygen atoms in total. The van der Waals surface area contributed by atoms with E-state index in [1.165, 1.54) is 30.3 Å². The summed E-state index contributed by atoms with van der Waals surface area (Å²) in [6.45, 7) is 3.76. The Balaban J connectivity index is 1.44. The van der Waals surface area contributed by atoms with E-state index < -0.39 is 10.1 Å². The number of carbonyl (C=O) groups is 1. The number of amides is 1. The van der Waals surface area contributed by atoms with Gasteiger partial charge in [-0.1, -0.05) is 29.8 Å². The fourth-order valence-corrected chi connectivity index (χ4v) is 5.16. The largest absolute Gasteiger partial charge is 0.379 e. The van der Waals surface area contributed by atoms with E-state index in [1.807, 2.05) is 6.92 Å². The molecule has 4 rings (SSSR count). The quantitative estimate of drug-likeness (QED) is 0.521. The van der Waals surface area contributed by atoms with Crippen LogP contribution in [0.15, 0.2) is 63.3 Å². The van der Waals surface area contributed by atoms with Gasteiger partial charge in [0.05, 0.1) is 4.91 Å². The summed E-state index contributed by atoms with van der Waals surface area (Å²) in [7, 11) is -3.89. The van der Waals surface area contributed by atoms with Crippen molar-refractivity contribution in [3.8, 4) is 5.75 Å². The Morgan fingerprint density at radius 3 is 2.33 bits per heavy atom. The minimum absolute atomic E-state index is 0.106. The van der Waals surface area contributed by atoms with E-state index in [0.717, 1.165) is 42.2 Å². The number of carbonyl (C=O) groups excluding carboxylic acids is 1. The number of amidine groups is 1. The molecule has 1 amide bonds. The minimum atomic E-state index is -3.89. The van der Waals surface area contributed by atoms with Crippen molar-refractivity contribution in [2.24, 2.45) is 4.99 Å². The van der Waals surface area contributed by atoms with Crippen molar-refractivity contribution in [2.45, 2.75) is 31.1 Å². The van der Waals surface area contributed by atoms with Crippen LogP contribution in [0.5, 0.6) is 5.75 Å². The van der Waals surface area contributed by atoms with Gasteiger partial charge in [-0.15, -0.1) is 0 Å². The Hall–Kier alpha value is -2.58. The number of hydrogen-bond donors (Lipinski definition) is 0. The van der Waals surface area contributed by atoms with Crippen molar-refractivity contribution in [2.75, 3.05) is 13.1 Å². The smallest absolute Gasteiger partial charge is 0.339 e. The van der Waals surface area contributed by atoms with Crippen LogP contribution in [-0.4, -0.2) is 37.5 Å². The molecule has 2 heterocycles. The summed E-state index contributed by atoms with van der Waals surface area (Å²) >= 11 is 1.39. The van der Waals surface area contributed by atoms with E-state index in [9.17, 15) is 13.2 Å². The van der Waals surface area contributed by atoms with Gasteiger partial charge >= 0.3 is 10.1 Å². The summed E-state index contributed by atoms with van der Waals surface area (Å²) in [5.74, 6) is -0.0174. The average molecular weight is 443 g/mol. The first kappa shape index (κ1) is 20.7. The van der Waals surface area contributed by atoms with Crippen molar-refractivity contribution >= 4 is 39.0 Å². The van der Waals surface area contributed by atoms with Gasteiger partial charge in [-0.05, 0) is 73.9 Å². The number of nitrogens with zero attached hydrogens (tertiary/aromatic N) is 2. The second-order valence-corrected chi connectivity index (χ2v) is 9.83. The van der Waals surface area contributed by atoms with Gasteiger partial charge in [0.25, 0.3) is 5.91 Å². The van der Waals surface area contributed by atoms with Crippen LogP contribution in [0.3, 0.4) is 0 Å². The van der Waals surface area contributed by atoms with Crippen LogP contribution in [-0.2, 0) is 14.9 Å². The topological polar surface area (TPSA) is 76.0 Å². The van der Waals surface area contributed by atoms with Gasteiger partial charge in [-0.3, -0.25) is 4.79 Å². The van der Waals surface area contributed by atoms with Crippen LogP contribution in [0.1, 0.15) is 30.4 Å². The molecule has 2 aromatic rings. The van der Waals surface area contributed by atoms with Crippen LogP contribution in [0, 0.1) is 6.92 Å². The molecular weight excluding hydrogens is 420 g/mol. The van der Waals surface area contributed by atoms with E-state index in [4.69, 9.17) is 4.18 Å². The Kier molecular flexibility index (Phi) is 5.97. The van der Waals surface area contributed by atoms with E-state index >= 15 is 0 Å². The van der Waals surface area contributed by atoms with Gasteiger partial charge < -0.3 is 9.08 Å². The zero-order valence-corrected chi connectivity index (χ0v) is 18.2. The van der Waals surface area contributed by atoms with Gasteiger partial charge in [0, 0.05) is 13.1 Å². The summed E-state index contributed by atoms with van der Waals surface area (Å²) in [5.41, 5.74) is 1.75. The number of rotatable bonds is 4. The molecule has 2 aromatic carbocycles. The molecule has 156 valence electrons. The van der Waals surface area contributed by atoms with Crippen LogP contribution >= 0.6 is 11.8 Å². The number of likely N-dealkylation sites (tertiary alicyclic amines) is 1. The molecule has 30 heavy (non-hydrogen) atoms. The highest BCUT2D eigenvalue weighted by Gasteiger charge is 2.26. The predicted molar refractivity (Wildman–Crippen MR) is 119 cm³/mol. The summed E-state index contributed by atoms with van der Waals surface area (Å²) < 4.78 is 30.0. The lowest BCUT2D eigenvalue weighted by molar-refractivity contribution is -0.113. The van der Waals surface area contributed by atoms with E-state index in [1.54, 1.807) is 42.5 Å². The van der Waals surface area contributed by atoms with Crippen molar-refractivity contribution in [3.63, 3.8) is 0 Å². The standard InChI is InChI=1S/C22H22N2O4S2/c1-16-5-11-19(12-6-16)30(26,27)28-18-9-7-17(8-10-18)15-20-21(25)23-22(29-20)24-13-3-2-4-14-24/h5-12,15H,2-4,13-14H2,1H3. The lowest BCUT2D eigenvalue weighted by Gasteiger charge is -2.27. The molecule has 0 bridgehead atoms. The monoisotopic (exact) mass is 442 g/mol. The molecule has 0 spiro atoms. The maximum Gasteiger partial charge on any atom is 0.339 e. The van der Waals surface area contributed by atoms with Gasteiger partial charge in [-0.2, -0.15) is 13.4 Å². The molecule has 0 radical (unpaired) electrons. The van der Waals surface area contributed by atoms with E-state index in [-0.39, 0.29) is 16.6 Å². The number of hydrogen-bond acceptors (Lipinski definition) is 6. The Bertz CT molecular complexity index is 1100. The number of thioether (sulfide) groups is 1. The number of piperidine rings is 1. The Morgan fingerprint density at radius 1 is 1.00 bits per heavy atom. The van der Waals surface area contributed by atoms with Crippen LogP contribution in [0.25, 0.3) is 6.08 Å². The van der Waals surface area contributed by atoms with Gasteiger partial charge in [0.2, 0.25) is 0 Å². The van der Waals surface area contributed by atoms with Crippen LogP contribution in [0.2, 0.25) is 0 Å². The lowest BCUT2D eigenvalue weighted by atomic mass is 10.1. The molecule has 2 aliphatic rings. The summed E-state index contributed by atoms with van der Waals surface area (Å²) in [4.78, 5) is 19.3. The number of aliphatic imine (C=N–C) groups is 1. The molecule has 1 fully saturated rings. The third-order valence-corrected chi connectivity index (χ3v) is 7.24. The molecule has 0 unspecified atom stereocenters. The molecule has 8 heteroatoms. The first-order chi connectivity index (χ1) is 14.4. The summed E-state index contributed by atoms with van der Waals surface area (Å²) in [6.07, 6.45) is 5.24. The minimum Gasteiger partial charge on any atom is -0.379 e. The molecular formula is C22H22N2O4S2. The van der Waals surface area contributed by atoms with Crippen LogP contribution in [0.4, 0.5) is 0 Å². The maximum absolute atomic E-state index is 12.4. The van der Waals surface area contributed by atoms with Gasteiger partial charge in [0.15, 0.2) is 5.17 Å². The zero-order chi connectivity index (χ0) is 21.1. The second kappa shape index (κ2) is 8.65. The Labute approximate surface area is 180 Å². The molecule has 2 aliphatic heterocycles. The highest BCUT2D eigenvalue weighted by atomic mass is 32.2. The molecule has 0 aliphatic carbocycles. The molecule has 0 aromatic heterocycles. The predicted octanol–water partition coefficient (Wildman–Crippen LogP) is 4.22. The first-order valence-corrected chi connectivity index (χ1v) is 12.0. The third kappa shape index (κ3) is 4.76. The maximum atomic E-state index is 12.4. The average Bonchev–Trinajstić information content (AvgIpc) is 3.10. The first-order valence-electron chi connectivity index (χ1n) is 9.79. The highest BCUT2D eigenvalue weighted by Crippen LogP contribution is 2.31.